The minimum absolute atomic E-state index is 0.0982. The summed E-state index contributed by atoms with van der Waals surface area (Å²) in [6.07, 6.45) is 1.57. The molecule has 2 aromatic carbocycles. The lowest BCUT2D eigenvalue weighted by molar-refractivity contribution is -0.123. The van der Waals surface area contributed by atoms with Crippen molar-refractivity contribution >= 4 is 44.9 Å². The maximum absolute atomic E-state index is 12.9. The highest BCUT2D eigenvalue weighted by Gasteiger charge is 2.35. The van der Waals surface area contributed by atoms with E-state index >= 15 is 0 Å². The van der Waals surface area contributed by atoms with Crippen molar-refractivity contribution in [3.63, 3.8) is 0 Å². The van der Waals surface area contributed by atoms with Gasteiger partial charge in [-0.25, -0.2) is 4.39 Å². The van der Waals surface area contributed by atoms with E-state index in [-0.39, 0.29) is 24.2 Å². The highest BCUT2D eigenvalue weighted by atomic mass is 79.9. The second kappa shape index (κ2) is 9.11. The standard InChI is InChI=1S/C23H17BrFNO4S/c1-14-12-15(2-8-19(14)24)20-9-7-18(30-20)13-21-22(27)26(23(28)31-21)10-11-29-17-5-3-16(25)4-6-17/h2-9,12-13H,10-11H2,1H3/b21-13-. The van der Waals surface area contributed by atoms with Crippen LogP contribution in [0.15, 0.2) is 68.4 Å². The Bertz CT molecular complexity index is 1170. The molecule has 3 aromatic rings. The van der Waals surface area contributed by atoms with Crippen LogP contribution in [0.4, 0.5) is 9.18 Å². The van der Waals surface area contributed by atoms with E-state index < -0.39 is 5.91 Å². The monoisotopic (exact) mass is 501 g/mol. The molecule has 8 heteroatoms. The topological polar surface area (TPSA) is 59.8 Å². The zero-order valence-electron chi connectivity index (χ0n) is 16.4. The van der Waals surface area contributed by atoms with Gasteiger partial charge in [0.2, 0.25) is 0 Å². The Morgan fingerprint density at radius 1 is 1.13 bits per heavy atom. The smallest absolute Gasteiger partial charge is 0.293 e. The summed E-state index contributed by atoms with van der Waals surface area (Å²) < 4.78 is 25.3. The molecule has 2 heterocycles. The van der Waals surface area contributed by atoms with E-state index in [1.165, 1.54) is 24.3 Å². The second-order valence-corrected chi connectivity index (χ2v) is 8.65. The lowest BCUT2D eigenvalue weighted by Gasteiger charge is -2.13. The molecule has 0 spiro atoms. The molecule has 1 saturated heterocycles. The van der Waals surface area contributed by atoms with Crippen LogP contribution in [-0.2, 0) is 4.79 Å². The number of nitrogens with zero attached hydrogens (tertiary/aromatic N) is 1. The van der Waals surface area contributed by atoms with Gasteiger partial charge < -0.3 is 9.15 Å². The molecule has 0 unspecified atom stereocenters. The van der Waals surface area contributed by atoms with Gasteiger partial charge in [-0.15, -0.1) is 0 Å². The Kier molecular flexibility index (Phi) is 6.29. The van der Waals surface area contributed by atoms with Crippen LogP contribution in [0.25, 0.3) is 17.4 Å². The first-order chi connectivity index (χ1) is 14.9. The predicted molar refractivity (Wildman–Crippen MR) is 121 cm³/mol. The van der Waals surface area contributed by atoms with Gasteiger partial charge in [-0.1, -0.05) is 22.0 Å². The maximum atomic E-state index is 12.9. The van der Waals surface area contributed by atoms with Gasteiger partial charge in [-0.2, -0.15) is 0 Å². The highest BCUT2D eigenvalue weighted by molar-refractivity contribution is 9.10. The van der Waals surface area contributed by atoms with Gasteiger partial charge in [0.25, 0.3) is 11.1 Å². The van der Waals surface area contributed by atoms with Crippen molar-refractivity contribution < 1.29 is 23.1 Å². The number of halogens is 2. The number of ether oxygens (including phenoxy) is 1. The minimum Gasteiger partial charge on any atom is -0.492 e. The molecule has 158 valence electrons. The summed E-state index contributed by atoms with van der Waals surface area (Å²) in [6.45, 7) is 2.21. The van der Waals surface area contributed by atoms with Crippen LogP contribution in [0.5, 0.6) is 5.75 Å². The number of furan rings is 1. The van der Waals surface area contributed by atoms with Crippen molar-refractivity contribution in [2.45, 2.75) is 6.92 Å². The Labute approximate surface area is 191 Å². The number of carbonyl (C=O) groups is 2. The van der Waals surface area contributed by atoms with Crippen LogP contribution in [0.2, 0.25) is 0 Å². The van der Waals surface area contributed by atoms with Gasteiger partial charge in [-0.3, -0.25) is 14.5 Å². The molecular formula is C23H17BrFNO4S. The number of carbonyl (C=O) groups excluding carboxylic acids is 2. The number of hydrogen-bond donors (Lipinski definition) is 0. The van der Waals surface area contributed by atoms with Crippen molar-refractivity contribution in [3.8, 4) is 17.1 Å². The average molecular weight is 502 g/mol. The third-order valence-electron chi connectivity index (χ3n) is 4.61. The Morgan fingerprint density at radius 2 is 1.90 bits per heavy atom. The van der Waals surface area contributed by atoms with E-state index in [0.717, 1.165) is 32.3 Å². The first kappa shape index (κ1) is 21.4. The molecular weight excluding hydrogens is 485 g/mol. The summed E-state index contributed by atoms with van der Waals surface area (Å²) in [4.78, 5) is 26.3. The van der Waals surface area contributed by atoms with E-state index in [2.05, 4.69) is 15.9 Å². The van der Waals surface area contributed by atoms with Crippen LogP contribution in [0.3, 0.4) is 0 Å². The molecule has 1 aromatic heterocycles. The van der Waals surface area contributed by atoms with E-state index in [1.807, 2.05) is 31.2 Å². The second-order valence-electron chi connectivity index (χ2n) is 6.80. The summed E-state index contributed by atoms with van der Waals surface area (Å²) in [5.41, 5.74) is 2.01. The van der Waals surface area contributed by atoms with Crippen molar-refractivity contribution in [2.24, 2.45) is 0 Å². The molecule has 31 heavy (non-hydrogen) atoms. The molecule has 4 rings (SSSR count). The van der Waals surface area contributed by atoms with Gasteiger partial charge in [0, 0.05) is 16.1 Å². The Balaban J connectivity index is 1.41. The number of thioether (sulfide) groups is 1. The summed E-state index contributed by atoms with van der Waals surface area (Å²) in [7, 11) is 0. The summed E-state index contributed by atoms with van der Waals surface area (Å²) in [5, 5.41) is -0.366. The van der Waals surface area contributed by atoms with Crippen LogP contribution in [0.1, 0.15) is 11.3 Å². The normalized spacial score (nSPS) is 15.2. The summed E-state index contributed by atoms with van der Waals surface area (Å²) in [6, 6.07) is 15.0. The van der Waals surface area contributed by atoms with Gasteiger partial charge >= 0.3 is 0 Å². The quantitative estimate of drug-likeness (QED) is 0.372. The van der Waals surface area contributed by atoms with Crippen molar-refractivity contribution in [1.82, 2.24) is 4.90 Å². The van der Waals surface area contributed by atoms with Crippen LogP contribution in [0, 0.1) is 12.7 Å². The number of rotatable bonds is 6. The summed E-state index contributed by atoms with van der Waals surface area (Å²) in [5.74, 6) is 0.877. The predicted octanol–water partition coefficient (Wildman–Crippen LogP) is 6.27. The van der Waals surface area contributed by atoms with Gasteiger partial charge in [0.15, 0.2) is 0 Å². The van der Waals surface area contributed by atoms with E-state index in [0.29, 0.717) is 22.2 Å². The fourth-order valence-electron chi connectivity index (χ4n) is 2.99. The third-order valence-corrected chi connectivity index (χ3v) is 6.41. The van der Waals surface area contributed by atoms with E-state index in [4.69, 9.17) is 9.15 Å². The zero-order valence-corrected chi connectivity index (χ0v) is 18.8. The fraction of sp³-hybridized carbons (Fsp3) is 0.130. The van der Waals surface area contributed by atoms with E-state index in [9.17, 15) is 14.0 Å². The molecule has 5 nitrogen and oxygen atoms in total. The number of amides is 2. The average Bonchev–Trinajstić information content (AvgIpc) is 3.31. The van der Waals surface area contributed by atoms with Crippen LogP contribution < -0.4 is 4.74 Å². The molecule has 0 atom stereocenters. The lowest BCUT2D eigenvalue weighted by atomic mass is 10.1. The molecule has 1 fully saturated rings. The van der Waals surface area contributed by atoms with Crippen molar-refractivity contribution in [1.29, 1.82) is 0 Å². The maximum Gasteiger partial charge on any atom is 0.293 e. The fourth-order valence-corrected chi connectivity index (χ4v) is 4.08. The number of aryl methyl sites for hydroxylation is 1. The molecule has 0 saturated carbocycles. The van der Waals surface area contributed by atoms with Crippen LogP contribution in [-0.4, -0.2) is 29.2 Å². The molecule has 0 N–H and O–H groups in total. The molecule has 2 amide bonds. The molecule has 0 radical (unpaired) electrons. The SMILES string of the molecule is Cc1cc(-c2ccc(/C=C3\SC(=O)N(CCOc4ccc(F)cc4)C3=O)o2)ccc1Br. The lowest BCUT2D eigenvalue weighted by Crippen LogP contribution is -2.32. The molecule has 1 aliphatic rings. The van der Waals surface area contributed by atoms with Crippen LogP contribution >= 0.6 is 27.7 Å². The Hall–Kier alpha value is -2.84. The largest absolute Gasteiger partial charge is 0.492 e. The van der Waals surface area contributed by atoms with Crippen molar-refractivity contribution in [2.75, 3.05) is 13.2 Å². The number of benzene rings is 2. The molecule has 1 aliphatic heterocycles. The van der Waals surface area contributed by atoms with Crippen molar-refractivity contribution in [3.05, 3.63) is 81.1 Å². The van der Waals surface area contributed by atoms with Gasteiger partial charge in [0.05, 0.1) is 11.4 Å². The van der Waals surface area contributed by atoms with Gasteiger partial charge in [-0.05, 0) is 72.8 Å². The zero-order chi connectivity index (χ0) is 22.0. The number of imide groups is 1. The molecule has 0 aliphatic carbocycles. The summed E-state index contributed by atoms with van der Waals surface area (Å²) >= 11 is 4.34. The Morgan fingerprint density at radius 3 is 2.65 bits per heavy atom. The first-order valence-corrected chi connectivity index (χ1v) is 11.0. The van der Waals surface area contributed by atoms with E-state index in [1.54, 1.807) is 12.1 Å². The van der Waals surface area contributed by atoms with Gasteiger partial charge in [0.1, 0.15) is 29.7 Å². The minimum atomic E-state index is -0.393. The number of hydrogen-bond acceptors (Lipinski definition) is 5. The highest BCUT2D eigenvalue weighted by Crippen LogP contribution is 2.33. The first-order valence-electron chi connectivity index (χ1n) is 9.41. The third kappa shape index (κ3) is 4.91. The molecule has 0 bridgehead atoms.